The van der Waals surface area contributed by atoms with Crippen LogP contribution in [0.3, 0.4) is 0 Å². The molecule has 2 aromatic rings. The molecule has 0 spiro atoms. The number of rotatable bonds is 4. The van der Waals surface area contributed by atoms with Crippen LogP contribution in [0.2, 0.25) is 0 Å². The molecule has 0 N–H and O–H groups in total. The highest BCUT2D eigenvalue weighted by Crippen LogP contribution is 2.29. The maximum atomic E-state index is 5.87. The van der Waals surface area contributed by atoms with Crippen LogP contribution in [-0.4, -0.2) is 43.3 Å². The number of benzene rings is 1. The summed E-state index contributed by atoms with van der Waals surface area (Å²) in [6.45, 7) is 4.62. The molecule has 0 aliphatic carbocycles. The number of ether oxygens (including phenoxy) is 1. The molecule has 1 aromatic heterocycles. The molecule has 3 rings (SSSR count). The molecule has 20 heavy (non-hydrogen) atoms. The molecule has 0 unspecified atom stereocenters. The van der Waals surface area contributed by atoms with Gasteiger partial charge in [0.2, 0.25) is 0 Å². The van der Waals surface area contributed by atoms with E-state index in [0.717, 1.165) is 43.4 Å². The molecule has 1 aliphatic rings. The molecule has 1 aromatic carbocycles. The van der Waals surface area contributed by atoms with E-state index in [1.54, 1.807) is 6.20 Å². The van der Waals surface area contributed by atoms with Gasteiger partial charge < -0.3 is 19.1 Å². The first-order valence-electron chi connectivity index (χ1n) is 6.88. The molecule has 1 saturated heterocycles. The van der Waals surface area contributed by atoms with E-state index in [1.165, 1.54) is 0 Å². The average Bonchev–Trinajstić information content (AvgIpc) is 3.00. The van der Waals surface area contributed by atoms with Gasteiger partial charge in [-0.05, 0) is 19.2 Å². The second-order valence-corrected chi connectivity index (χ2v) is 5.03. The summed E-state index contributed by atoms with van der Waals surface area (Å²) in [6, 6.07) is 9.98. The van der Waals surface area contributed by atoms with Crippen LogP contribution in [-0.2, 0) is 6.61 Å². The maximum absolute atomic E-state index is 5.87. The minimum absolute atomic E-state index is 0.407. The Morgan fingerprint density at radius 1 is 1.15 bits per heavy atom. The Morgan fingerprint density at radius 3 is 2.70 bits per heavy atom. The average molecular weight is 273 g/mol. The van der Waals surface area contributed by atoms with Gasteiger partial charge in [-0.25, -0.2) is 0 Å². The normalized spacial score (nSPS) is 16.4. The van der Waals surface area contributed by atoms with Gasteiger partial charge in [0.25, 0.3) is 0 Å². The zero-order chi connectivity index (χ0) is 13.8. The van der Waals surface area contributed by atoms with Crippen LogP contribution in [0.5, 0.6) is 5.75 Å². The molecule has 5 nitrogen and oxygen atoms in total. The first-order chi connectivity index (χ1) is 9.83. The molecule has 0 saturated carbocycles. The van der Waals surface area contributed by atoms with Gasteiger partial charge in [-0.2, -0.15) is 0 Å². The summed E-state index contributed by atoms with van der Waals surface area (Å²) < 4.78 is 10.9. The van der Waals surface area contributed by atoms with Crippen LogP contribution in [0.25, 0.3) is 0 Å². The van der Waals surface area contributed by atoms with E-state index in [4.69, 9.17) is 9.26 Å². The Kier molecular flexibility index (Phi) is 3.87. The number of nitrogens with zero attached hydrogens (tertiary/aromatic N) is 3. The van der Waals surface area contributed by atoms with Gasteiger partial charge in [-0.15, -0.1) is 0 Å². The van der Waals surface area contributed by atoms with Gasteiger partial charge in [0, 0.05) is 32.2 Å². The fourth-order valence-electron chi connectivity index (χ4n) is 2.35. The topological polar surface area (TPSA) is 41.7 Å². The van der Waals surface area contributed by atoms with Crippen molar-refractivity contribution in [2.45, 2.75) is 6.61 Å². The van der Waals surface area contributed by atoms with Crippen molar-refractivity contribution in [3.05, 3.63) is 42.3 Å². The van der Waals surface area contributed by atoms with E-state index in [-0.39, 0.29) is 0 Å². The largest absolute Gasteiger partial charge is 0.483 e. The van der Waals surface area contributed by atoms with Crippen molar-refractivity contribution in [2.24, 2.45) is 0 Å². The number of hydrogen-bond acceptors (Lipinski definition) is 5. The van der Waals surface area contributed by atoms with Crippen LogP contribution in [0.4, 0.5) is 5.69 Å². The molecule has 0 bridgehead atoms. The Balaban J connectivity index is 1.71. The van der Waals surface area contributed by atoms with Crippen molar-refractivity contribution < 1.29 is 9.26 Å². The zero-order valence-electron chi connectivity index (χ0n) is 11.7. The van der Waals surface area contributed by atoms with Crippen molar-refractivity contribution in [1.29, 1.82) is 0 Å². The van der Waals surface area contributed by atoms with Gasteiger partial charge in [0.1, 0.15) is 12.4 Å². The smallest absolute Gasteiger partial charge is 0.174 e. The van der Waals surface area contributed by atoms with Crippen LogP contribution in [0.15, 0.2) is 41.1 Å². The van der Waals surface area contributed by atoms with E-state index >= 15 is 0 Å². The Morgan fingerprint density at radius 2 is 1.95 bits per heavy atom. The number of piperazine rings is 1. The van der Waals surface area contributed by atoms with Gasteiger partial charge in [-0.1, -0.05) is 17.3 Å². The van der Waals surface area contributed by atoms with E-state index in [2.05, 4.69) is 34.1 Å². The number of anilines is 1. The van der Waals surface area contributed by atoms with Gasteiger partial charge in [-0.3, -0.25) is 0 Å². The molecule has 0 amide bonds. The van der Waals surface area contributed by atoms with E-state index in [1.807, 2.05) is 18.2 Å². The Labute approximate surface area is 118 Å². The highest BCUT2D eigenvalue weighted by atomic mass is 16.5. The lowest BCUT2D eigenvalue weighted by molar-refractivity contribution is 0.248. The third-order valence-corrected chi connectivity index (χ3v) is 3.57. The quantitative estimate of drug-likeness (QED) is 0.852. The SMILES string of the molecule is CN1CCN(c2ccccc2OCc2ccno2)CC1. The number of likely N-dealkylation sites (N-methyl/N-ethyl adjacent to an activating group) is 1. The third kappa shape index (κ3) is 2.93. The molecule has 2 heterocycles. The van der Waals surface area contributed by atoms with Gasteiger partial charge >= 0.3 is 0 Å². The highest BCUT2D eigenvalue weighted by Gasteiger charge is 2.17. The minimum Gasteiger partial charge on any atom is -0.483 e. The standard InChI is InChI=1S/C15H19N3O2/c1-17-8-10-18(11-9-17)14-4-2-3-5-15(14)19-12-13-6-7-16-20-13/h2-7H,8-12H2,1H3. The van der Waals surface area contributed by atoms with Crippen LogP contribution in [0, 0.1) is 0 Å². The summed E-state index contributed by atoms with van der Waals surface area (Å²) in [5, 5.41) is 3.68. The van der Waals surface area contributed by atoms with Crippen molar-refractivity contribution in [2.75, 3.05) is 38.1 Å². The second kappa shape index (κ2) is 5.96. The van der Waals surface area contributed by atoms with E-state index < -0.39 is 0 Å². The molecule has 106 valence electrons. The Bertz CT molecular complexity index is 534. The van der Waals surface area contributed by atoms with Gasteiger partial charge in [0.15, 0.2) is 5.76 Å². The van der Waals surface area contributed by atoms with Crippen molar-refractivity contribution in [3.8, 4) is 5.75 Å². The van der Waals surface area contributed by atoms with Crippen LogP contribution in [0.1, 0.15) is 5.76 Å². The van der Waals surface area contributed by atoms with Crippen LogP contribution < -0.4 is 9.64 Å². The van der Waals surface area contributed by atoms with Crippen molar-refractivity contribution >= 4 is 5.69 Å². The van der Waals surface area contributed by atoms with E-state index in [9.17, 15) is 0 Å². The minimum atomic E-state index is 0.407. The maximum Gasteiger partial charge on any atom is 0.174 e. The lowest BCUT2D eigenvalue weighted by Crippen LogP contribution is -2.44. The summed E-state index contributed by atoms with van der Waals surface area (Å²) in [6.07, 6.45) is 1.63. The number of aromatic nitrogens is 1. The third-order valence-electron chi connectivity index (χ3n) is 3.57. The summed E-state index contributed by atoms with van der Waals surface area (Å²) >= 11 is 0. The molecule has 1 aliphatic heterocycles. The summed E-state index contributed by atoms with van der Waals surface area (Å²) in [5.74, 6) is 1.63. The molecular weight excluding hydrogens is 254 g/mol. The second-order valence-electron chi connectivity index (χ2n) is 5.03. The number of para-hydroxylation sites is 2. The lowest BCUT2D eigenvalue weighted by atomic mass is 10.2. The van der Waals surface area contributed by atoms with Crippen molar-refractivity contribution in [3.63, 3.8) is 0 Å². The summed E-state index contributed by atoms with van der Waals surface area (Å²) in [4.78, 5) is 4.71. The van der Waals surface area contributed by atoms with Crippen molar-refractivity contribution in [1.82, 2.24) is 10.1 Å². The fraction of sp³-hybridized carbons (Fsp3) is 0.400. The molecule has 0 atom stereocenters. The summed E-state index contributed by atoms with van der Waals surface area (Å²) in [7, 11) is 2.16. The van der Waals surface area contributed by atoms with Gasteiger partial charge in [0.05, 0.1) is 11.9 Å². The molecule has 1 fully saturated rings. The van der Waals surface area contributed by atoms with E-state index in [0.29, 0.717) is 6.61 Å². The Hall–Kier alpha value is -2.01. The van der Waals surface area contributed by atoms with Crippen LogP contribution >= 0.6 is 0 Å². The lowest BCUT2D eigenvalue weighted by Gasteiger charge is -2.34. The fourth-order valence-corrected chi connectivity index (χ4v) is 2.35. The first kappa shape index (κ1) is 13.0. The zero-order valence-corrected chi connectivity index (χ0v) is 11.7. The molecular formula is C15H19N3O2. The summed E-state index contributed by atoms with van der Waals surface area (Å²) in [5.41, 5.74) is 1.15. The monoisotopic (exact) mass is 273 g/mol. The predicted octanol–water partition coefficient (Wildman–Crippen LogP) is 2.01. The molecule has 5 heteroatoms. The predicted molar refractivity (Wildman–Crippen MR) is 77.0 cm³/mol. The first-order valence-corrected chi connectivity index (χ1v) is 6.88. The number of hydrogen-bond donors (Lipinski definition) is 0. The highest BCUT2D eigenvalue weighted by molar-refractivity contribution is 5.58. The molecule has 0 radical (unpaired) electrons.